The van der Waals surface area contributed by atoms with E-state index in [9.17, 15) is 13.2 Å². The van der Waals surface area contributed by atoms with Crippen LogP contribution in [0.5, 0.6) is 0 Å². The summed E-state index contributed by atoms with van der Waals surface area (Å²) in [6.45, 7) is 1.07. The van der Waals surface area contributed by atoms with E-state index in [-0.39, 0.29) is 18.2 Å². The molecular weight excluding hydrogens is 399 g/mol. The Morgan fingerprint density at radius 2 is 2.04 bits per heavy atom. The quantitative estimate of drug-likeness (QED) is 0.761. The molecule has 0 amide bonds. The monoisotopic (exact) mass is 418 g/mol. The van der Waals surface area contributed by atoms with E-state index in [1.807, 2.05) is 0 Å². The SMILES string of the molecule is Cn1c(C2CCCN(S(C)(=O)=O)C2)nn(Cc2ccc(Cl)cc2Cl)c1=O. The molecule has 1 atom stereocenters. The molecule has 3 rings (SSSR count). The molecule has 1 unspecified atom stereocenters. The molecule has 0 N–H and O–H groups in total. The predicted octanol–water partition coefficient (Wildman–Crippen LogP) is 2.08. The van der Waals surface area contributed by atoms with Crippen molar-refractivity contribution in [3.63, 3.8) is 0 Å². The van der Waals surface area contributed by atoms with Gasteiger partial charge < -0.3 is 0 Å². The summed E-state index contributed by atoms with van der Waals surface area (Å²) in [6.07, 6.45) is 2.73. The molecule has 7 nitrogen and oxygen atoms in total. The number of piperidine rings is 1. The van der Waals surface area contributed by atoms with Gasteiger partial charge in [-0.25, -0.2) is 22.2 Å². The lowest BCUT2D eigenvalue weighted by Gasteiger charge is -2.30. The average molecular weight is 419 g/mol. The molecule has 26 heavy (non-hydrogen) atoms. The van der Waals surface area contributed by atoms with E-state index in [0.717, 1.165) is 18.4 Å². The molecule has 1 aliphatic rings. The van der Waals surface area contributed by atoms with E-state index in [0.29, 0.717) is 29.0 Å². The molecule has 2 aromatic rings. The summed E-state index contributed by atoms with van der Waals surface area (Å²) in [4.78, 5) is 12.6. The van der Waals surface area contributed by atoms with E-state index < -0.39 is 10.0 Å². The highest BCUT2D eigenvalue weighted by molar-refractivity contribution is 7.88. The Balaban J connectivity index is 1.89. The van der Waals surface area contributed by atoms with Crippen LogP contribution in [0.3, 0.4) is 0 Å². The van der Waals surface area contributed by atoms with Crippen molar-refractivity contribution < 1.29 is 8.42 Å². The van der Waals surface area contributed by atoms with Gasteiger partial charge in [0.1, 0.15) is 5.82 Å². The number of sulfonamides is 1. The summed E-state index contributed by atoms with van der Waals surface area (Å²) >= 11 is 12.1. The number of aromatic nitrogens is 3. The number of rotatable bonds is 4. The first kappa shape index (κ1) is 19.4. The van der Waals surface area contributed by atoms with Crippen LogP contribution in [0.1, 0.15) is 30.1 Å². The van der Waals surface area contributed by atoms with Crippen LogP contribution < -0.4 is 5.69 Å². The van der Waals surface area contributed by atoms with Crippen molar-refractivity contribution >= 4 is 33.2 Å². The fraction of sp³-hybridized carbons (Fsp3) is 0.500. The predicted molar refractivity (Wildman–Crippen MR) is 101 cm³/mol. The van der Waals surface area contributed by atoms with E-state index in [4.69, 9.17) is 23.2 Å². The lowest BCUT2D eigenvalue weighted by molar-refractivity contribution is 0.307. The van der Waals surface area contributed by atoms with Crippen LogP contribution in [0, 0.1) is 0 Å². The molecular formula is C16H20Cl2N4O3S. The van der Waals surface area contributed by atoms with Gasteiger partial charge in [-0.15, -0.1) is 0 Å². The summed E-state index contributed by atoms with van der Waals surface area (Å²) in [6, 6.07) is 5.10. The van der Waals surface area contributed by atoms with Crippen LogP contribution in [-0.4, -0.2) is 46.4 Å². The highest BCUT2D eigenvalue weighted by Gasteiger charge is 2.30. The minimum absolute atomic E-state index is 0.113. The molecule has 1 saturated heterocycles. The lowest BCUT2D eigenvalue weighted by Crippen LogP contribution is -2.39. The smallest absolute Gasteiger partial charge is 0.282 e. The number of hydrogen-bond acceptors (Lipinski definition) is 4. The summed E-state index contributed by atoms with van der Waals surface area (Å²) in [5, 5.41) is 5.46. The van der Waals surface area contributed by atoms with Crippen molar-refractivity contribution in [2.75, 3.05) is 19.3 Å². The van der Waals surface area contributed by atoms with Crippen LogP contribution in [0.25, 0.3) is 0 Å². The van der Waals surface area contributed by atoms with Crippen LogP contribution in [-0.2, 0) is 23.6 Å². The standard InChI is InChI=1S/C16H20Cl2N4O3S/c1-20-15(12-4-3-7-21(9-12)26(2,24)25)19-22(16(20)23)10-11-5-6-13(17)8-14(11)18/h5-6,8,12H,3-4,7,9-10H2,1-2H3. The minimum Gasteiger partial charge on any atom is -0.282 e. The van der Waals surface area contributed by atoms with Gasteiger partial charge >= 0.3 is 5.69 Å². The van der Waals surface area contributed by atoms with E-state index in [1.54, 1.807) is 25.2 Å². The fourth-order valence-electron chi connectivity index (χ4n) is 3.23. The Morgan fingerprint density at radius 3 is 2.69 bits per heavy atom. The number of nitrogens with zero attached hydrogens (tertiary/aromatic N) is 4. The second-order valence-corrected chi connectivity index (χ2v) is 9.38. The zero-order valence-corrected chi connectivity index (χ0v) is 16.9. The first-order valence-corrected chi connectivity index (χ1v) is 10.8. The molecule has 2 heterocycles. The third-order valence-corrected chi connectivity index (χ3v) is 6.48. The summed E-state index contributed by atoms with van der Waals surface area (Å²) in [7, 11) is -1.60. The zero-order valence-electron chi connectivity index (χ0n) is 14.5. The second-order valence-electron chi connectivity index (χ2n) is 6.55. The first-order valence-electron chi connectivity index (χ1n) is 8.19. The normalized spacial score (nSPS) is 19.0. The Labute approximate surface area is 162 Å². The van der Waals surface area contributed by atoms with Crippen molar-refractivity contribution in [3.8, 4) is 0 Å². The van der Waals surface area contributed by atoms with Crippen LogP contribution in [0.4, 0.5) is 0 Å². The topological polar surface area (TPSA) is 77.2 Å². The maximum absolute atomic E-state index is 12.6. The number of hydrogen-bond donors (Lipinski definition) is 0. The Kier molecular flexibility index (Phi) is 5.48. The van der Waals surface area contributed by atoms with E-state index in [1.165, 1.54) is 19.8 Å². The molecule has 1 aromatic heterocycles. The van der Waals surface area contributed by atoms with Crippen molar-refractivity contribution in [2.24, 2.45) is 7.05 Å². The molecule has 0 bridgehead atoms. The van der Waals surface area contributed by atoms with Gasteiger partial charge in [0.15, 0.2) is 0 Å². The van der Waals surface area contributed by atoms with Crippen LogP contribution >= 0.6 is 23.2 Å². The molecule has 0 radical (unpaired) electrons. The molecule has 1 aromatic carbocycles. The summed E-state index contributed by atoms with van der Waals surface area (Å²) < 4.78 is 27.9. The van der Waals surface area contributed by atoms with E-state index >= 15 is 0 Å². The summed E-state index contributed by atoms with van der Waals surface area (Å²) in [5.74, 6) is 0.478. The highest BCUT2D eigenvalue weighted by Crippen LogP contribution is 2.26. The van der Waals surface area contributed by atoms with Gasteiger partial charge in [0, 0.05) is 36.1 Å². The van der Waals surface area contributed by atoms with Crippen molar-refractivity contribution in [1.82, 2.24) is 18.7 Å². The largest absolute Gasteiger partial charge is 0.345 e. The summed E-state index contributed by atoms with van der Waals surface area (Å²) in [5.41, 5.74) is 0.478. The van der Waals surface area contributed by atoms with Crippen LogP contribution in [0.2, 0.25) is 10.0 Å². The average Bonchev–Trinajstić information content (AvgIpc) is 2.85. The lowest BCUT2D eigenvalue weighted by atomic mass is 9.99. The maximum Gasteiger partial charge on any atom is 0.345 e. The zero-order chi connectivity index (χ0) is 19.1. The highest BCUT2D eigenvalue weighted by atomic mass is 35.5. The number of halogens is 2. The third kappa shape index (κ3) is 3.98. The van der Waals surface area contributed by atoms with Crippen LogP contribution in [0.15, 0.2) is 23.0 Å². The van der Waals surface area contributed by atoms with Gasteiger partial charge in [0.25, 0.3) is 0 Å². The molecule has 1 fully saturated rings. The Hall–Kier alpha value is -1.35. The van der Waals surface area contributed by atoms with Gasteiger partial charge in [-0.2, -0.15) is 5.10 Å². The molecule has 1 aliphatic heterocycles. The molecule has 0 saturated carbocycles. The minimum atomic E-state index is -3.26. The van der Waals surface area contributed by atoms with Gasteiger partial charge in [-0.3, -0.25) is 4.57 Å². The van der Waals surface area contributed by atoms with Crippen molar-refractivity contribution in [2.45, 2.75) is 25.3 Å². The molecule has 142 valence electrons. The fourth-order valence-corrected chi connectivity index (χ4v) is 4.61. The van der Waals surface area contributed by atoms with Gasteiger partial charge in [-0.1, -0.05) is 29.3 Å². The van der Waals surface area contributed by atoms with Gasteiger partial charge in [-0.05, 0) is 30.5 Å². The first-order chi connectivity index (χ1) is 12.2. The molecule has 0 spiro atoms. The van der Waals surface area contributed by atoms with Crippen molar-refractivity contribution in [3.05, 3.63) is 50.1 Å². The van der Waals surface area contributed by atoms with Gasteiger partial charge in [0.05, 0.1) is 12.8 Å². The Morgan fingerprint density at radius 1 is 1.31 bits per heavy atom. The van der Waals surface area contributed by atoms with E-state index in [2.05, 4.69) is 5.10 Å². The Bertz CT molecular complexity index is 984. The van der Waals surface area contributed by atoms with Crippen molar-refractivity contribution in [1.29, 1.82) is 0 Å². The van der Waals surface area contributed by atoms with Gasteiger partial charge in [0.2, 0.25) is 10.0 Å². The second kappa shape index (κ2) is 7.34. The molecule has 0 aliphatic carbocycles. The number of benzene rings is 1. The maximum atomic E-state index is 12.6. The third-order valence-electron chi connectivity index (χ3n) is 4.63. The molecule has 10 heteroatoms.